The van der Waals surface area contributed by atoms with Gasteiger partial charge in [-0.1, -0.05) is 13.8 Å². The van der Waals surface area contributed by atoms with Crippen molar-refractivity contribution >= 4 is 17.7 Å². The van der Waals surface area contributed by atoms with Crippen LogP contribution < -0.4 is 15.4 Å². The van der Waals surface area contributed by atoms with Crippen LogP contribution >= 0.6 is 0 Å². The fourth-order valence-corrected chi connectivity index (χ4v) is 1.77. The molecule has 8 heteroatoms. The first kappa shape index (κ1) is 18.7. The van der Waals surface area contributed by atoms with Crippen molar-refractivity contribution in [2.24, 2.45) is 5.92 Å². The number of alkyl halides is 2. The minimum atomic E-state index is -2.91. The smallest absolute Gasteiger partial charge is 0.407 e. The van der Waals surface area contributed by atoms with E-state index in [1.807, 2.05) is 0 Å². The van der Waals surface area contributed by atoms with E-state index in [1.54, 1.807) is 20.8 Å². The van der Waals surface area contributed by atoms with Gasteiger partial charge in [0, 0.05) is 5.69 Å². The van der Waals surface area contributed by atoms with Crippen LogP contribution in [0.3, 0.4) is 0 Å². The maximum atomic E-state index is 12.2. The summed E-state index contributed by atoms with van der Waals surface area (Å²) in [6, 6.07) is 4.69. The molecule has 0 heterocycles. The number of carbonyl (C=O) groups is 2. The monoisotopic (exact) mass is 330 g/mol. The molecule has 0 aliphatic rings. The predicted molar refractivity (Wildman–Crippen MR) is 80.5 cm³/mol. The van der Waals surface area contributed by atoms with Crippen LogP contribution in [0.15, 0.2) is 24.3 Å². The molecule has 1 aromatic carbocycles. The number of benzene rings is 1. The van der Waals surface area contributed by atoms with E-state index in [2.05, 4.69) is 15.4 Å². The number of carbonyl (C=O) groups excluding carboxylic acids is 2. The van der Waals surface area contributed by atoms with Crippen LogP contribution in [0, 0.1) is 5.92 Å². The summed E-state index contributed by atoms with van der Waals surface area (Å²) in [4.78, 5) is 23.7. The Balaban J connectivity index is 2.69. The highest BCUT2D eigenvalue weighted by Crippen LogP contribution is 2.18. The third kappa shape index (κ3) is 6.50. The first-order valence-electron chi connectivity index (χ1n) is 7.12. The van der Waals surface area contributed by atoms with Crippen molar-refractivity contribution in [2.75, 3.05) is 11.9 Å². The molecule has 0 fully saturated rings. The topological polar surface area (TPSA) is 76.7 Å². The van der Waals surface area contributed by atoms with E-state index < -0.39 is 24.7 Å². The van der Waals surface area contributed by atoms with Gasteiger partial charge in [-0.25, -0.2) is 4.79 Å². The molecule has 0 spiro atoms. The van der Waals surface area contributed by atoms with Crippen molar-refractivity contribution in [1.82, 2.24) is 5.32 Å². The van der Waals surface area contributed by atoms with Gasteiger partial charge in [-0.2, -0.15) is 8.78 Å². The molecule has 1 aromatic rings. The van der Waals surface area contributed by atoms with Crippen LogP contribution in [-0.4, -0.2) is 31.3 Å². The number of nitrogens with one attached hydrogen (secondary N) is 2. The van der Waals surface area contributed by atoms with Crippen molar-refractivity contribution < 1.29 is 27.8 Å². The number of hydrogen-bond donors (Lipinski definition) is 2. The Kier molecular flexibility index (Phi) is 7.24. The van der Waals surface area contributed by atoms with E-state index in [0.717, 1.165) is 0 Å². The molecule has 0 aliphatic heterocycles. The maximum Gasteiger partial charge on any atom is 0.407 e. The van der Waals surface area contributed by atoms with E-state index in [9.17, 15) is 18.4 Å². The van der Waals surface area contributed by atoms with Gasteiger partial charge in [-0.05, 0) is 37.1 Å². The number of hydrogen-bond acceptors (Lipinski definition) is 4. The molecule has 2 N–H and O–H groups in total. The highest BCUT2D eigenvalue weighted by Gasteiger charge is 2.24. The zero-order chi connectivity index (χ0) is 17.4. The Hall–Kier alpha value is -2.38. The van der Waals surface area contributed by atoms with Crippen molar-refractivity contribution in [3.63, 3.8) is 0 Å². The van der Waals surface area contributed by atoms with Gasteiger partial charge in [-0.15, -0.1) is 0 Å². The summed E-state index contributed by atoms with van der Waals surface area (Å²) in [6.07, 6.45) is -0.679. The molecule has 23 heavy (non-hydrogen) atoms. The van der Waals surface area contributed by atoms with Gasteiger partial charge in [0.05, 0.1) is 6.61 Å². The molecule has 0 aliphatic carbocycles. The number of alkyl carbamates (subject to hydrolysis) is 1. The molecule has 0 saturated carbocycles. The highest BCUT2D eigenvalue weighted by atomic mass is 19.3. The lowest BCUT2D eigenvalue weighted by Gasteiger charge is -2.21. The molecular weight excluding hydrogens is 310 g/mol. The van der Waals surface area contributed by atoms with Gasteiger partial charge in [-0.3, -0.25) is 4.79 Å². The molecule has 0 bridgehead atoms. The number of amides is 2. The Labute approximate surface area is 133 Å². The average molecular weight is 330 g/mol. The van der Waals surface area contributed by atoms with Crippen molar-refractivity contribution in [3.8, 4) is 5.75 Å². The van der Waals surface area contributed by atoms with Gasteiger partial charge < -0.3 is 20.1 Å². The van der Waals surface area contributed by atoms with Crippen LogP contribution in [0.2, 0.25) is 0 Å². The molecule has 0 saturated heterocycles. The SMILES string of the molecule is CCOC(=O)NC(C(=O)Nc1ccc(OC(F)F)cc1)C(C)C. The van der Waals surface area contributed by atoms with E-state index in [1.165, 1.54) is 24.3 Å². The summed E-state index contributed by atoms with van der Waals surface area (Å²) in [5.74, 6) is -0.612. The van der Waals surface area contributed by atoms with E-state index in [-0.39, 0.29) is 18.3 Å². The number of rotatable bonds is 7. The maximum absolute atomic E-state index is 12.2. The van der Waals surface area contributed by atoms with E-state index in [4.69, 9.17) is 4.74 Å². The second-order valence-electron chi connectivity index (χ2n) is 4.98. The molecule has 0 radical (unpaired) electrons. The number of anilines is 1. The van der Waals surface area contributed by atoms with Crippen LogP contribution in [0.1, 0.15) is 20.8 Å². The fraction of sp³-hybridized carbons (Fsp3) is 0.467. The van der Waals surface area contributed by atoms with Crippen LogP contribution in [0.4, 0.5) is 19.3 Å². The number of ether oxygens (including phenoxy) is 2. The van der Waals surface area contributed by atoms with Crippen LogP contribution in [-0.2, 0) is 9.53 Å². The minimum absolute atomic E-state index is 0.0111. The van der Waals surface area contributed by atoms with Crippen LogP contribution in [0.25, 0.3) is 0 Å². The summed E-state index contributed by atoms with van der Waals surface area (Å²) >= 11 is 0. The Morgan fingerprint density at radius 1 is 1.17 bits per heavy atom. The van der Waals surface area contributed by atoms with E-state index >= 15 is 0 Å². The summed E-state index contributed by atoms with van der Waals surface area (Å²) < 4.78 is 33.1. The Bertz CT molecular complexity index is 521. The largest absolute Gasteiger partial charge is 0.450 e. The van der Waals surface area contributed by atoms with Gasteiger partial charge in [0.2, 0.25) is 5.91 Å². The molecule has 1 unspecified atom stereocenters. The van der Waals surface area contributed by atoms with Gasteiger partial charge >= 0.3 is 12.7 Å². The summed E-state index contributed by atoms with van der Waals surface area (Å²) in [5.41, 5.74) is 0.396. The van der Waals surface area contributed by atoms with Crippen LogP contribution in [0.5, 0.6) is 5.75 Å². The summed E-state index contributed by atoms with van der Waals surface area (Å²) in [7, 11) is 0. The third-order valence-electron chi connectivity index (χ3n) is 2.84. The normalized spacial score (nSPS) is 12.0. The quantitative estimate of drug-likeness (QED) is 0.806. The summed E-state index contributed by atoms with van der Waals surface area (Å²) in [6.45, 7) is 2.50. The molecule has 1 atom stereocenters. The lowest BCUT2D eigenvalue weighted by molar-refractivity contribution is -0.119. The molecule has 2 amide bonds. The second kappa shape index (κ2) is 8.92. The van der Waals surface area contributed by atoms with Crippen molar-refractivity contribution in [1.29, 1.82) is 0 Å². The van der Waals surface area contributed by atoms with Crippen molar-refractivity contribution in [3.05, 3.63) is 24.3 Å². The molecule has 6 nitrogen and oxygen atoms in total. The fourth-order valence-electron chi connectivity index (χ4n) is 1.77. The second-order valence-corrected chi connectivity index (χ2v) is 4.98. The van der Waals surface area contributed by atoms with Gasteiger partial charge in [0.1, 0.15) is 11.8 Å². The third-order valence-corrected chi connectivity index (χ3v) is 2.84. The Morgan fingerprint density at radius 3 is 2.26 bits per heavy atom. The van der Waals surface area contributed by atoms with Gasteiger partial charge in [0.15, 0.2) is 0 Å². The summed E-state index contributed by atoms with van der Waals surface area (Å²) in [5, 5.41) is 5.08. The zero-order valence-corrected chi connectivity index (χ0v) is 13.1. The molecular formula is C15H20F2N2O4. The standard InChI is InChI=1S/C15H20F2N2O4/c1-4-22-15(21)19-12(9(2)3)13(20)18-10-5-7-11(8-6-10)23-14(16)17/h5-9,12,14H,4H2,1-3H3,(H,18,20)(H,19,21). The Morgan fingerprint density at radius 2 is 1.78 bits per heavy atom. The first-order valence-corrected chi connectivity index (χ1v) is 7.12. The molecule has 1 rings (SSSR count). The van der Waals surface area contributed by atoms with Gasteiger partial charge in [0.25, 0.3) is 0 Å². The first-order chi connectivity index (χ1) is 10.8. The highest BCUT2D eigenvalue weighted by molar-refractivity contribution is 5.96. The minimum Gasteiger partial charge on any atom is -0.450 e. The lowest BCUT2D eigenvalue weighted by Crippen LogP contribution is -2.47. The zero-order valence-electron chi connectivity index (χ0n) is 13.1. The number of halogens is 2. The molecule has 128 valence electrons. The molecule has 0 aromatic heterocycles. The average Bonchev–Trinajstić information content (AvgIpc) is 2.46. The lowest BCUT2D eigenvalue weighted by atomic mass is 10.0. The van der Waals surface area contributed by atoms with Crippen molar-refractivity contribution in [2.45, 2.75) is 33.4 Å². The predicted octanol–water partition coefficient (Wildman–Crippen LogP) is 3.00. The van der Waals surface area contributed by atoms with E-state index in [0.29, 0.717) is 5.69 Å².